The standard InChI is InChI=1S/C14H13BrN2O3/c15-10-6-12-11(18-14(19-12)3-1-2-4-14)5-8(10)9-7-17-20-13(9)16/h5-7H,1-4,16H2. The minimum absolute atomic E-state index is 0.292. The first-order valence-corrected chi connectivity index (χ1v) is 7.38. The Morgan fingerprint density at radius 2 is 1.80 bits per heavy atom. The Balaban J connectivity index is 1.78. The first kappa shape index (κ1) is 12.1. The second-order valence-electron chi connectivity index (χ2n) is 5.20. The summed E-state index contributed by atoms with van der Waals surface area (Å²) in [4.78, 5) is 0. The Morgan fingerprint density at radius 1 is 1.10 bits per heavy atom. The van der Waals surface area contributed by atoms with Crippen LogP contribution >= 0.6 is 15.9 Å². The number of aromatic nitrogens is 1. The van der Waals surface area contributed by atoms with Crippen molar-refractivity contribution in [2.45, 2.75) is 31.5 Å². The quantitative estimate of drug-likeness (QED) is 0.859. The third-order valence-corrected chi connectivity index (χ3v) is 4.54. The van der Waals surface area contributed by atoms with E-state index in [2.05, 4.69) is 21.1 Å². The average Bonchev–Trinajstić information content (AvgIpc) is 3.10. The van der Waals surface area contributed by atoms with Gasteiger partial charge in [-0.2, -0.15) is 0 Å². The fourth-order valence-electron chi connectivity index (χ4n) is 2.89. The molecule has 1 aliphatic carbocycles. The van der Waals surface area contributed by atoms with Gasteiger partial charge in [-0.15, -0.1) is 0 Å². The number of nitrogens with zero attached hydrogens (tertiary/aromatic N) is 1. The molecule has 2 aromatic rings. The number of hydrogen-bond acceptors (Lipinski definition) is 5. The number of halogens is 1. The number of hydrogen-bond donors (Lipinski definition) is 1. The average molecular weight is 337 g/mol. The van der Waals surface area contributed by atoms with Crippen molar-refractivity contribution in [3.63, 3.8) is 0 Å². The SMILES string of the molecule is Nc1oncc1-c1cc2c(cc1Br)OC1(CCCC1)O2. The Labute approximate surface area is 124 Å². The minimum Gasteiger partial charge on any atom is -0.448 e. The van der Waals surface area contributed by atoms with E-state index in [4.69, 9.17) is 19.7 Å². The molecule has 0 unspecified atom stereocenters. The zero-order valence-corrected chi connectivity index (χ0v) is 12.3. The fourth-order valence-corrected chi connectivity index (χ4v) is 3.43. The van der Waals surface area contributed by atoms with Crippen LogP contribution in [-0.4, -0.2) is 10.9 Å². The summed E-state index contributed by atoms with van der Waals surface area (Å²) < 4.78 is 17.9. The lowest BCUT2D eigenvalue weighted by molar-refractivity contribution is -0.0716. The molecule has 0 radical (unpaired) electrons. The molecule has 0 amide bonds. The van der Waals surface area contributed by atoms with Crippen LogP contribution in [0.4, 0.5) is 5.88 Å². The van der Waals surface area contributed by atoms with Crippen molar-refractivity contribution in [1.29, 1.82) is 0 Å². The second kappa shape index (κ2) is 4.15. The van der Waals surface area contributed by atoms with E-state index in [1.54, 1.807) is 6.20 Å². The number of rotatable bonds is 1. The third kappa shape index (κ3) is 1.71. The maximum atomic E-state index is 6.05. The zero-order chi connectivity index (χ0) is 13.7. The molecule has 1 aliphatic heterocycles. The molecule has 6 heteroatoms. The lowest BCUT2D eigenvalue weighted by atomic mass is 10.1. The van der Waals surface area contributed by atoms with Crippen LogP contribution in [0.25, 0.3) is 11.1 Å². The van der Waals surface area contributed by atoms with Crippen molar-refractivity contribution in [3.05, 3.63) is 22.8 Å². The first-order chi connectivity index (χ1) is 9.67. The molecule has 0 bridgehead atoms. The van der Waals surface area contributed by atoms with Crippen LogP contribution in [0.1, 0.15) is 25.7 Å². The highest BCUT2D eigenvalue weighted by Gasteiger charge is 2.44. The van der Waals surface area contributed by atoms with Gasteiger partial charge < -0.3 is 19.7 Å². The Morgan fingerprint density at radius 3 is 2.45 bits per heavy atom. The van der Waals surface area contributed by atoms with Gasteiger partial charge >= 0.3 is 0 Å². The number of anilines is 1. The van der Waals surface area contributed by atoms with Gasteiger partial charge in [0.25, 0.3) is 5.79 Å². The maximum absolute atomic E-state index is 6.05. The Hall–Kier alpha value is -1.69. The normalized spacial score (nSPS) is 18.9. The highest BCUT2D eigenvalue weighted by Crippen LogP contribution is 2.50. The molecule has 2 N–H and O–H groups in total. The molecule has 4 rings (SSSR count). The van der Waals surface area contributed by atoms with Crippen LogP contribution in [0.3, 0.4) is 0 Å². The predicted octanol–water partition coefficient (Wildman–Crippen LogP) is 3.73. The van der Waals surface area contributed by atoms with E-state index in [9.17, 15) is 0 Å². The lowest BCUT2D eigenvalue weighted by Gasteiger charge is -2.21. The minimum atomic E-state index is -0.458. The number of fused-ring (bicyclic) bond motifs is 1. The molecule has 2 heterocycles. The van der Waals surface area contributed by atoms with E-state index >= 15 is 0 Å². The van der Waals surface area contributed by atoms with Crippen LogP contribution in [0, 0.1) is 0 Å². The van der Waals surface area contributed by atoms with Crippen molar-refractivity contribution in [2.24, 2.45) is 0 Å². The van der Waals surface area contributed by atoms with Gasteiger partial charge in [-0.25, -0.2) is 0 Å². The largest absolute Gasteiger partial charge is 0.448 e. The maximum Gasteiger partial charge on any atom is 0.251 e. The van der Waals surface area contributed by atoms with Crippen molar-refractivity contribution in [1.82, 2.24) is 5.16 Å². The Kier molecular flexibility index (Phi) is 2.51. The third-order valence-electron chi connectivity index (χ3n) is 3.88. The van der Waals surface area contributed by atoms with Crippen molar-refractivity contribution in [3.8, 4) is 22.6 Å². The van der Waals surface area contributed by atoms with Crippen LogP contribution in [0.2, 0.25) is 0 Å². The summed E-state index contributed by atoms with van der Waals surface area (Å²) in [7, 11) is 0. The van der Waals surface area contributed by atoms with Crippen molar-refractivity contribution >= 4 is 21.8 Å². The lowest BCUT2D eigenvalue weighted by Crippen LogP contribution is -2.34. The van der Waals surface area contributed by atoms with Gasteiger partial charge in [0.1, 0.15) is 0 Å². The summed E-state index contributed by atoms with van der Waals surface area (Å²) in [6.07, 6.45) is 5.75. The molecule has 1 aromatic carbocycles. The number of ether oxygens (including phenoxy) is 2. The molecular weight excluding hydrogens is 324 g/mol. The van der Waals surface area contributed by atoms with Gasteiger partial charge in [0.2, 0.25) is 5.88 Å². The van der Waals surface area contributed by atoms with Crippen LogP contribution in [0.5, 0.6) is 11.5 Å². The molecule has 1 fully saturated rings. The summed E-state index contributed by atoms with van der Waals surface area (Å²) in [5.41, 5.74) is 7.42. The van der Waals surface area contributed by atoms with E-state index in [-0.39, 0.29) is 0 Å². The van der Waals surface area contributed by atoms with E-state index in [1.807, 2.05) is 12.1 Å². The summed E-state index contributed by atoms with van der Waals surface area (Å²) >= 11 is 3.54. The summed E-state index contributed by atoms with van der Waals surface area (Å²) in [6.45, 7) is 0. The van der Waals surface area contributed by atoms with Crippen LogP contribution in [0.15, 0.2) is 27.3 Å². The highest BCUT2D eigenvalue weighted by molar-refractivity contribution is 9.10. The van der Waals surface area contributed by atoms with Crippen molar-refractivity contribution in [2.75, 3.05) is 5.73 Å². The summed E-state index contributed by atoms with van der Waals surface area (Å²) in [6, 6.07) is 3.85. The molecule has 0 saturated heterocycles. The van der Waals surface area contributed by atoms with Gasteiger partial charge in [-0.1, -0.05) is 21.1 Å². The van der Waals surface area contributed by atoms with Gasteiger partial charge in [-0.05, 0) is 25.0 Å². The van der Waals surface area contributed by atoms with Gasteiger partial charge in [0.15, 0.2) is 11.5 Å². The molecule has 1 saturated carbocycles. The second-order valence-corrected chi connectivity index (χ2v) is 6.06. The molecule has 1 spiro atoms. The topological polar surface area (TPSA) is 70.5 Å². The number of nitrogen functional groups attached to an aromatic ring is 1. The molecule has 0 atom stereocenters. The van der Waals surface area contributed by atoms with E-state index in [1.165, 1.54) is 0 Å². The highest BCUT2D eigenvalue weighted by atomic mass is 79.9. The molecule has 104 valence electrons. The van der Waals surface area contributed by atoms with Crippen LogP contribution in [-0.2, 0) is 0 Å². The van der Waals surface area contributed by atoms with Crippen molar-refractivity contribution < 1.29 is 14.0 Å². The van der Waals surface area contributed by atoms with Crippen LogP contribution < -0.4 is 15.2 Å². The molecule has 5 nitrogen and oxygen atoms in total. The van der Waals surface area contributed by atoms with Gasteiger partial charge in [0.05, 0.1) is 11.8 Å². The van der Waals surface area contributed by atoms with E-state index in [0.29, 0.717) is 5.88 Å². The van der Waals surface area contributed by atoms with E-state index < -0.39 is 5.79 Å². The fraction of sp³-hybridized carbons (Fsp3) is 0.357. The molecular formula is C14H13BrN2O3. The first-order valence-electron chi connectivity index (χ1n) is 6.59. The molecule has 2 aliphatic rings. The Bertz CT molecular complexity index is 677. The summed E-state index contributed by atoms with van der Waals surface area (Å²) in [5.74, 6) is 1.36. The number of benzene rings is 1. The smallest absolute Gasteiger partial charge is 0.251 e. The van der Waals surface area contributed by atoms with E-state index in [0.717, 1.165) is 52.8 Å². The van der Waals surface area contributed by atoms with Gasteiger partial charge in [-0.3, -0.25) is 0 Å². The predicted molar refractivity (Wildman–Crippen MR) is 76.5 cm³/mol. The monoisotopic (exact) mass is 336 g/mol. The molecule has 1 aromatic heterocycles. The van der Waals surface area contributed by atoms with Gasteiger partial charge in [0, 0.05) is 22.9 Å². The number of nitrogens with two attached hydrogens (primary N) is 1. The molecule has 20 heavy (non-hydrogen) atoms. The summed E-state index contributed by atoms with van der Waals surface area (Å²) in [5, 5.41) is 3.71. The zero-order valence-electron chi connectivity index (χ0n) is 10.7.